The van der Waals surface area contributed by atoms with Crippen LogP contribution >= 0.6 is 0 Å². The maximum Gasteiger partial charge on any atom is 0.227 e. The fourth-order valence-corrected chi connectivity index (χ4v) is 2.88. The first kappa shape index (κ1) is 18.0. The van der Waals surface area contributed by atoms with Crippen molar-refractivity contribution in [2.45, 2.75) is 47.0 Å². The summed E-state index contributed by atoms with van der Waals surface area (Å²) in [5.41, 5.74) is 5.90. The Bertz CT molecular complexity index is 363. The molecular formula is C16H31N3O2. The highest BCUT2D eigenvalue weighted by molar-refractivity contribution is 5.79. The zero-order valence-corrected chi connectivity index (χ0v) is 14.0. The van der Waals surface area contributed by atoms with Gasteiger partial charge in [-0.1, -0.05) is 27.7 Å². The molecule has 2 amide bonds. The molecular weight excluding hydrogens is 266 g/mol. The Labute approximate surface area is 128 Å². The van der Waals surface area contributed by atoms with Gasteiger partial charge in [0.25, 0.3) is 0 Å². The third-order valence-corrected chi connectivity index (χ3v) is 3.96. The first-order valence-corrected chi connectivity index (χ1v) is 8.05. The van der Waals surface area contributed by atoms with Crippen molar-refractivity contribution in [3.63, 3.8) is 0 Å². The van der Waals surface area contributed by atoms with Crippen molar-refractivity contribution in [3.8, 4) is 0 Å². The summed E-state index contributed by atoms with van der Waals surface area (Å²) >= 11 is 0. The van der Waals surface area contributed by atoms with Gasteiger partial charge in [-0.3, -0.25) is 9.59 Å². The lowest BCUT2D eigenvalue weighted by atomic mass is 9.84. The Balaban J connectivity index is 2.63. The van der Waals surface area contributed by atoms with Gasteiger partial charge >= 0.3 is 0 Å². The molecule has 0 radical (unpaired) electrons. The van der Waals surface area contributed by atoms with Crippen molar-refractivity contribution in [2.75, 3.05) is 32.7 Å². The summed E-state index contributed by atoms with van der Waals surface area (Å²) in [7, 11) is 0. The molecule has 5 heteroatoms. The molecule has 1 heterocycles. The molecule has 5 nitrogen and oxygen atoms in total. The lowest BCUT2D eigenvalue weighted by Crippen LogP contribution is -2.43. The average Bonchev–Trinajstić information content (AvgIpc) is 2.68. The Kier molecular flexibility index (Phi) is 6.65. The third-order valence-electron chi connectivity index (χ3n) is 3.96. The van der Waals surface area contributed by atoms with Crippen molar-refractivity contribution in [1.29, 1.82) is 0 Å². The van der Waals surface area contributed by atoms with E-state index in [0.717, 1.165) is 25.9 Å². The van der Waals surface area contributed by atoms with Crippen LogP contribution < -0.4 is 5.73 Å². The minimum atomic E-state index is -0.113. The van der Waals surface area contributed by atoms with E-state index in [2.05, 4.69) is 20.8 Å². The maximum atomic E-state index is 12.6. The second kappa shape index (κ2) is 7.78. The number of carbonyl (C=O) groups is 2. The summed E-state index contributed by atoms with van der Waals surface area (Å²) in [6.45, 7) is 11.4. The highest BCUT2D eigenvalue weighted by Crippen LogP contribution is 2.25. The summed E-state index contributed by atoms with van der Waals surface area (Å²) in [6.07, 6.45) is 2.18. The van der Waals surface area contributed by atoms with Gasteiger partial charge in [0.1, 0.15) is 0 Å². The smallest absolute Gasteiger partial charge is 0.227 e. The highest BCUT2D eigenvalue weighted by atomic mass is 16.2. The number of hydrogen-bond donors (Lipinski definition) is 1. The molecule has 0 aromatic rings. The molecule has 1 saturated heterocycles. The molecule has 1 unspecified atom stereocenters. The second-order valence-electron chi connectivity index (χ2n) is 7.11. The molecule has 2 N–H and O–H groups in total. The molecule has 1 aliphatic rings. The lowest BCUT2D eigenvalue weighted by Gasteiger charge is -2.29. The topological polar surface area (TPSA) is 66.6 Å². The molecule has 0 saturated carbocycles. The van der Waals surface area contributed by atoms with E-state index >= 15 is 0 Å². The van der Waals surface area contributed by atoms with E-state index < -0.39 is 0 Å². The van der Waals surface area contributed by atoms with E-state index in [-0.39, 0.29) is 23.1 Å². The zero-order chi connectivity index (χ0) is 16.0. The van der Waals surface area contributed by atoms with Crippen molar-refractivity contribution >= 4 is 11.8 Å². The molecule has 21 heavy (non-hydrogen) atoms. The largest absolute Gasteiger partial charge is 0.341 e. The van der Waals surface area contributed by atoms with Gasteiger partial charge < -0.3 is 15.5 Å². The van der Waals surface area contributed by atoms with Gasteiger partial charge in [-0.25, -0.2) is 0 Å². The van der Waals surface area contributed by atoms with Gasteiger partial charge in [0.15, 0.2) is 0 Å². The van der Waals surface area contributed by atoms with Gasteiger partial charge in [-0.2, -0.15) is 0 Å². The van der Waals surface area contributed by atoms with E-state index in [0.29, 0.717) is 26.1 Å². The van der Waals surface area contributed by atoms with Crippen LogP contribution in [0.2, 0.25) is 0 Å². The Morgan fingerprint density at radius 1 is 1.10 bits per heavy atom. The van der Waals surface area contributed by atoms with E-state index in [9.17, 15) is 9.59 Å². The third kappa shape index (κ3) is 5.65. The molecule has 1 fully saturated rings. The van der Waals surface area contributed by atoms with Gasteiger partial charge in [0.05, 0.1) is 5.92 Å². The quantitative estimate of drug-likeness (QED) is 0.854. The van der Waals surface area contributed by atoms with E-state index in [1.807, 2.05) is 16.7 Å². The minimum absolute atomic E-state index is 0.0930. The number of nitrogens with two attached hydrogens (primary N) is 1. The lowest BCUT2D eigenvalue weighted by molar-refractivity contribution is -0.137. The minimum Gasteiger partial charge on any atom is -0.341 e. The SMILES string of the molecule is CCC(=O)N1CCCN(C(=O)C(CN)CC(C)(C)C)CC1. The van der Waals surface area contributed by atoms with Crippen LogP contribution in [0.5, 0.6) is 0 Å². The Morgan fingerprint density at radius 2 is 1.67 bits per heavy atom. The monoisotopic (exact) mass is 297 g/mol. The van der Waals surface area contributed by atoms with E-state index in [4.69, 9.17) is 5.73 Å². The summed E-state index contributed by atoms with van der Waals surface area (Å²) in [6, 6.07) is 0. The summed E-state index contributed by atoms with van der Waals surface area (Å²) in [5.74, 6) is 0.214. The first-order valence-electron chi connectivity index (χ1n) is 8.05. The molecule has 0 aromatic heterocycles. The van der Waals surface area contributed by atoms with Gasteiger partial charge in [0.2, 0.25) is 11.8 Å². The molecule has 122 valence electrons. The molecule has 0 aliphatic carbocycles. The number of carbonyl (C=O) groups excluding carboxylic acids is 2. The van der Waals surface area contributed by atoms with E-state index in [1.165, 1.54) is 0 Å². The predicted molar refractivity (Wildman–Crippen MR) is 84.7 cm³/mol. The van der Waals surface area contributed by atoms with Crippen LogP contribution in [0.25, 0.3) is 0 Å². The molecule has 0 aromatic carbocycles. The molecule has 1 rings (SSSR count). The Hall–Kier alpha value is -1.10. The molecule has 1 atom stereocenters. The van der Waals surface area contributed by atoms with Gasteiger partial charge in [-0.05, 0) is 18.3 Å². The number of hydrogen-bond acceptors (Lipinski definition) is 3. The summed E-state index contributed by atoms with van der Waals surface area (Å²) in [5, 5.41) is 0. The Morgan fingerprint density at radius 3 is 2.19 bits per heavy atom. The molecule has 1 aliphatic heterocycles. The normalized spacial score (nSPS) is 18.3. The van der Waals surface area contributed by atoms with Crippen LogP contribution in [0.15, 0.2) is 0 Å². The van der Waals surface area contributed by atoms with Crippen LogP contribution in [-0.2, 0) is 9.59 Å². The van der Waals surface area contributed by atoms with Crippen LogP contribution in [0.3, 0.4) is 0 Å². The van der Waals surface area contributed by atoms with Gasteiger partial charge in [-0.15, -0.1) is 0 Å². The first-order chi connectivity index (χ1) is 9.78. The predicted octanol–water partition coefficient (Wildman–Crippen LogP) is 1.47. The zero-order valence-electron chi connectivity index (χ0n) is 14.0. The van der Waals surface area contributed by atoms with Crippen molar-refractivity contribution < 1.29 is 9.59 Å². The molecule has 0 bridgehead atoms. The molecule has 0 spiro atoms. The standard InChI is InChI=1S/C16H31N3O2/c1-5-14(20)18-7-6-8-19(10-9-18)15(21)13(12-17)11-16(2,3)4/h13H,5-12,17H2,1-4H3. The summed E-state index contributed by atoms with van der Waals surface area (Å²) < 4.78 is 0. The van der Waals surface area contributed by atoms with Crippen LogP contribution in [0.4, 0.5) is 0 Å². The highest BCUT2D eigenvalue weighted by Gasteiger charge is 2.29. The number of rotatable bonds is 4. The van der Waals surface area contributed by atoms with Crippen LogP contribution in [-0.4, -0.2) is 54.3 Å². The van der Waals surface area contributed by atoms with Crippen LogP contribution in [0, 0.1) is 11.3 Å². The second-order valence-corrected chi connectivity index (χ2v) is 7.11. The van der Waals surface area contributed by atoms with Crippen molar-refractivity contribution in [2.24, 2.45) is 17.1 Å². The van der Waals surface area contributed by atoms with E-state index in [1.54, 1.807) is 0 Å². The number of nitrogens with zero attached hydrogens (tertiary/aromatic N) is 2. The maximum absolute atomic E-state index is 12.6. The number of amides is 2. The average molecular weight is 297 g/mol. The van der Waals surface area contributed by atoms with Crippen molar-refractivity contribution in [3.05, 3.63) is 0 Å². The fourth-order valence-electron chi connectivity index (χ4n) is 2.88. The van der Waals surface area contributed by atoms with Crippen molar-refractivity contribution in [1.82, 2.24) is 9.80 Å². The summed E-state index contributed by atoms with van der Waals surface area (Å²) in [4.78, 5) is 28.2. The van der Waals surface area contributed by atoms with Gasteiger partial charge in [0, 0.05) is 39.1 Å². The van der Waals surface area contributed by atoms with Crippen LogP contribution in [0.1, 0.15) is 47.0 Å². The fraction of sp³-hybridized carbons (Fsp3) is 0.875.